The smallest absolute Gasteiger partial charge is 0.0755 e. The largest absolute Gasteiger partial charge is 0.355 e. The Balaban J connectivity index is 1.55. The number of halogens is 1. The Morgan fingerprint density at radius 1 is 0.767 bits per heavy atom. The van der Waals surface area contributed by atoms with Crippen molar-refractivity contribution < 1.29 is 0 Å². The van der Waals surface area contributed by atoms with Crippen LogP contribution in [0.3, 0.4) is 0 Å². The lowest BCUT2D eigenvalue weighted by Crippen LogP contribution is -2.34. The van der Waals surface area contributed by atoms with Gasteiger partial charge in [-0.15, -0.1) is 0 Å². The number of aromatic amines is 1. The van der Waals surface area contributed by atoms with Crippen molar-refractivity contribution in [1.82, 2.24) is 10.3 Å². The third kappa shape index (κ3) is 4.99. The predicted octanol–water partition coefficient (Wildman–Crippen LogP) is 7.04. The van der Waals surface area contributed by atoms with Crippen molar-refractivity contribution in [2.45, 2.75) is 60.0 Å². The number of allylic oxidation sites excluding steroid dienone is 5. The SMILES string of the molecule is Cc1ccc(C2=c3cc/c([nH]3)=C/C3NC(CC3(C)C)/C(Br)=C3/C=CC(=N3)/C(c3c(C)cc(C)cc3C)=C3/C=CC2=N3)cc1. The number of hydrogen-bond acceptors (Lipinski definition) is 3. The molecule has 5 heteroatoms. The molecule has 2 unspecified atom stereocenters. The van der Waals surface area contributed by atoms with E-state index in [4.69, 9.17) is 9.98 Å². The monoisotopic (exact) mass is 628 g/mol. The van der Waals surface area contributed by atoms with Gasteiger partial charge in [-0.3, -0.25) is 0 Å². The molecule has 0 radical (unpaired) electrons. The van der Waals surface area contributed by atoms with Crippen molar-refractivity contribution in [3.8, 4) is 0 Å². The molecule has 2 N–H and O–H groups in total. The highest BCUT2D eigenvalue weighted by atomic mass is 79.9. The minimum atomic E-state index is 0.0665. The number of aromatic nitrogens is 1. The maximum absolute atomic E-state index is 5.36. The summed E-state index contributed by atoms with van der Waals surface area (Å²) < 4.78 is 1.10. The Labute approximate surface area is 262 Å². The van der Waals surface area contributed by atoms with Crippen LogP contribution in [-0.4, -0.2) is 28.5 Å². The zero-order valence-electron chi connectivity index (χ0n) is 25.6. The second-order valence-corrected chi connectivity index (χ2v) is 13.9. The predicted molar refractivity (Wildman–Crippen MR) is 184 cm³/mol. The van der Waals surface area contributed by atoms with Gasteiger partial charge in [0, 0.05) is 38.4 Å². The number of aryl methyl sites for hydroxylation is 4. The highest BCUT2D eigenvalue weighted by Crippen LogP contribution is 2.41. The molecule has 2 atom stereocenters. The van der Waals surface area contributed by atoms with Gasteiger partial charge in [0.1, 0.15) is 0 Å². The van der Waals surface area contributed by atoms with Crippen LogP contribution in [0.25, 0.3) is 17.2 Å². The zero-order valence-corrected chi connectivity index (χ0v) is 27.2. The van der Waals surface area contributed by atoms with Gasteiger partial charge in [-0.25, -0.2) is 9.98 Å². The Bertz CT molecular complexity index is 1970. The topological polar surface area (TPSA) is 52.5 Å². The second-order valence-electron chi connectivity index (χ2n) is 13.1. The van der Waals surface area contributed by atoms with Crippen molar-refractivity contribution in [2.24, 2.45) is 15.4 Å². The molecule has 216 valence electrons. The normalized spacial score (nSPS) is 26.5. The van der Waals surface area contributed by atoms with E-state index in [1.807, 2.05) is 0 Å². The summed E-state index contributed by atoms with van der Waals surface area (Å²) in [5, 5.41) is 6.07. The summed E-state index contributed by atoms with van der Waals surface area (Å²) in [5.74, 6) is 0. The van der Waals surface area contributed by atoms with Crippen LogP contribution in [0, 0.1) is 33.1 Å². The van der Waals surface area contributed by atoms with E-state index in [9.17, 15) is 0 Å². The molecule has 43 heavy (non-hydrogen) atoms. The Kier molecular flexibility index (Phi) is 6.79. The van der Waals surface area contributed by atoms with E-state index in [2.05, 4.69) is 147 Å². The molecule has 0 amide bonds. The number of hydrogen-bond donors (Lipinski definition) is 2. The summed E-state index contributed by atoms with van der Waals surface area (Å²) in [6.45, 7) is 13.4. The number of fused-ring (bicyclic) bond motifs is 6. The third-order valence-electron chi connectivity index (χ3n) is 9.14. The fourth-order valence-corrected chi connectivity index (χ4v) is 7.52. The van der Waals surface area contributed by atoms with Crippen LogP contribution in [0.15, 0.2) is 98.7 Å². The molecular weight excluding hydrogens is 592 g/mol. The summed E-state index contributed by atoms with van der Waals surface area (Å²) in [6.07, 6.45) is 12.0. The quantitative estimate of drug-likeness (QED) is 0.314. The number of H-pyrrole nitrogens is 1. The zero-order chi connectivity index (χ0) is 30.0. The number of benzene rings is 2. The molecule has 8 bridgehead atoms. The first-order valence-electron chi connectivity index (χ1n) is 15.1. The van der Waals surface area contributed by atoms with Crippen molar-refractivity contribution in [3.63, 3.8) is 0 Å². The fraction of sp³-hybridized carbons (Fsp3) is 0.263. The van der Waals surface area contributed by atoms with E-state index >= 15 is 0 Å². The van der Waals surface area contributed by atoms with E-state index in [0.29, 0.717) is 0 Å². The Morgan fingerprint density at radius 2 is 1.42 bits per heavy atom. The number of nitrogens with one attached hydrogen (secondary N) is 2. The molecule has 3 aromatic rings. The summed E-state index contributed by atoms with van der Waals surface area (Å²) in [6, 6.07) is 18.0. The number of rotatable bonds is 2. The Morgan fingerprint density at radius 3 is 2.14 bits per heavy atom. The van der Waals surface area contributed by atoms with Gasteiger partial charge in [-0.05, 0) is 104 Å². The van der Waals surface area contributed by atoms with Crippen LogP contribution in [0.4, 0.5) is 0 Å². The van der Waals surface area contributed by atoms with E-state index in [-0.39, 0.29) is 17.5 Å². The van der Waals surface area contributed by atoms with Gasteiger partial charge in [0.05, 0.1) is 22.8 Å². The lowest BCUT2D eigenvalue weighted by atomic mass is 9.83. The van der Waals surface area contributed by atoms with Crippen molar-refractivity contribution in [2.75, 3.05) is 0 Å². The lowest BCUT2D eigenvalue weighted by molar-refractivity contribution is 0.367. The van der Waals surface area contributed by atoms with Crippen molar-refractivity contribution in [3.05, 3.63) is 133 Å². The number of aliphatic imine (C=N–C) groups is 2. The van der Waals surface area contributed by atoms with Gasteiger partial charge >= 0.3 is 0 Å². The van der Waals surface area contributed by atoms with E-state index in [0.717, 1.165) is 61.1 Å². The summed E-state index contributed by atoms with van der Waals surface area (Å²) in [5.41, 5.74) is 13.3. The molecule has 0 spiro atoms. The molecule has 1 fully saturated rings. The van der Waals surface area contributed by atoms with Crippen LogP contribution < -0.4 is 16.0 Å². The molecule has 0 aliphatic carbocycles. The molecule has 4 aliphatic rings. The lowest BCUT2D eigenvalue weighted by Gasteiger charge is -2.23. The van der Waals surface area contributed by atoms with E-state index in [1.54, 1.807) is 0 Å². The fourth-order valence-electron chi connectivity index (χ4n) is 7.00. The highest BCUT2D eigenvalue weighted by molar-refractivity contribution is 9.11. The average Bonchev–Trinajstić information content (AvgIpc) is 3.75. The maximum Gasteiger partial charge on any atom is 0.0755 e. The van der Waals surface area contributed by atoms with Gasteiger partial charge in [0.2, 0.25) is 0 Å². The van der Waals surface area contributed by atoms with Gasteiger partial charge < -0.3 is 10.3 Å². The summed E-state index contributed by atoms with van der Waals surface area (Å²) in [7, 11) is 0. The van der Waals surface area contributed by atoms with E-state index < -0.39 is 0 Å². The highest BCUT2D eigenvalue weighted by Gasteiger charge is 2.40. The van der Waals surface area contributed by atoms with Crippen molar-refractivity contribution >= 4 is 44.6 Å². The number of nitrogens with zero attached hydrogens (tertiary/aromatic N) is 2. The first-order valence-corrected chi connectivity index (χ1v) is 15.9. The average molecular weight is 630 g/mol. The van der Waals surface area contributed by atoms with Crippen LogP contribution >= 0.6 is 15.9 Å². The molecule has 0 saturated carbocycles. The molecule has 7 rings (SSSR count). The molecule has 2 aromatic carbocycles. The minimum Gasteiger partial charge on any atom is -0.355 e. The third-order valence-corrected chi connectivity index (χ3v) is 10.1. The minimum absolute atomic E-state index is 0.0665. The second kappa shape index (κ2) is 10.4. The first kappa shape index (κ1) is 28.0. The van der Waals surface area contributed by atoms with Crippen LogP contribution in [-0.2, 0) is 0 Å². The van der Waals surface area contributed by atoms with Gasteiger partial charge in [-0.1, -0.05) is 77.3 Å². The molecular formula is C38H37BrN4. The first-order chi connectivity index (χ1) is 20.6. The molecule has 5 heterocycles. The maximum atomic E-state index is 5.36. The molecule has 4 aliphatic heterocycles. The van der Waals surface area contributed by atoms with Gasteiger partial charge in [0.15, 0.2) is 0 Å². The van der Waals surface area contributed by atoms with Gasteiger partial charge in [0.25, 0.3) is 0 Å². The van der Waals surface area contributed by atoms with Crippen molar-refractivity contribution in [1.29, 1.82) is 0 Å². The van der Waals surface area contributed by atoms with E-state index in [1.165, 1.54) is 27.8 Å². The molecule has 4 nitrogen and oxygen atoms in total. The van der Waals surface area contributed by atoms with Crippen LogP contribution in [0.5, 0.6) is 0 Å². The summed E-state index contributed by atoms with van der Waals surface area (Å²) >= 11 is 3.98. The van der Waals surface area contributed by atoms with Crippen LogP contribution in [0.1, 0.15) is 53.6 Å². The summed E-state index contributed by atoms with van der Waals surface area (Å²) in [4.78, 5) is 14.4. The Hall–Kier alpha value is -3.80. The standard InChI is InChI=1S/C38H37BrN4/c1-21-7-9-25(10-8-21)35-27-12-11-26(40-27)19-33-38(5,6)20-32(43-33)37(39)31-16-15-30(42-31)36(29-14-13-28(35)41-29)34-23(3)17-22(2)18-24(34)4/h7-19,32-33,40,43H,20H2,1-6H3/b26-19-,35-27?,36-29+,37-31+. The van der Waals surface area contributed by atoms with Gasteiger partial charge in [-0.2, -0.15) is 0 Å². The molecule has 1 saturated heterocycles. The van der Waals surface area contributed by atoms with Crippen LogP contribution in [0.2, 0.25) is 0 Å². The molecule has 1 aromatic heterocycles.